The summed E-state index contributed by atoms with van der Waals surface area (Å²) < 4.78 is 2.10. The van der Waals surface area contributed by atoms with Gasteiger partial charge in [0.05, 0.1) is 29.8 Å². The van der Waals surface area contributed by atoms with Gasteiger partial charge in [-0.2, -0.15) is 0 Å². The quantitative estimate of drug-likeness (QED) is 0.444. The van der Waals surface area contributed by atoms with Crippen LogP contribution in [0.2, 0.25) is 0 Å². The van der Waals surface area contributed by atoms with Crippen LogP contribution < -0.4 is 5.32 Å². The fourth-order valence-electron chi connectivity index (χ4n) is 3.87. The van der Waals surface area contributed by atoms with Crippen LogP contribution in [-0.4, -0.2) is 20.4 Å². The molecule has 0 saturated carbocycles. The fourth-order valence-corrected chi connectivity index (χ4v) is 3.87. The number of fused-ring (bicyclic) bond motifs is 2. The molecule has 2 aromatic heterocycles. The van der Waals surface area contributed by atoms with Crippen LogP contribution in [0.1, 0.15) is 18.0 Å². The van der Waals surface area contributed by atoms with E-state index in [1.165, 1.54) is 10.8 Å². The highest BCUT2D eigenvalue weighted by atomic mass is 16.1. The fraction of sp³-hybridized carbons (Fsp3) is 0.0833. The first-order chi connectivity index (χ1) is 14.3. The Bertz CT molecular complexity index is 1280. The zero-order valence-corrected chi connectivity index (χ0v) is 15.7. The van der Waals surface area contributed by atoms with Crippen LogP contribution in [0.15, 0.2) is 91.5 Å². The predicted molar refractivity (Wildman–Crippen MR) is 116 cm³/mol. The van der Waals surface area contributed by atoms with Crippen LogP contribution in [0.3, 0.4) is 0 Å². The van der Waals surface area contributed by atoms with E-state index in [0.717, 1.165) is 22.3 Å². The average molecular weight is 380 g/mol. The van der Waals surface area contributed by atoms with E-state index in [4.69, 9.17) is 0 Å². The monoisotopic (exact) mass is 380 g/mol. The van der Waals surface area contributed by atoms with Gasteiger partial charge in [-0.25, -0.2) is 4.98 Å². The molecule has 2 heterocycles. The van der Waals surface area contributed by atoms with E-state index in [1.54, 1.807) is 6.33 Å². The van der Waals surface area contributed by atoms with Gasteiger partial charge in [0.2, 0.25) is 5.91 Å². The number of hydrogen-bond acceptors (Lipinski definition) is 2. The zero-order chi connectivity index (χ0) is 19.6. The summed E-state index contributed by atoms with van der Waals surface area (Å²) in [5.41, 5.74) is 3.68. The third-order valence-electron chi connectivity index (χ3n) is 5.25. The second-order valence-corrected chi connectivity index (χ2v) is 7.10. The number of aromatic nitrogens is 3. The van der Waals surface area contributed by atoms with Crippen molar-refractivity contribution in [3.63, 3.8) is 0 Å². The number of carbonyl (C=O) groups is 1. The lowest BCUT2D eigenvalue weighted by Gasteiger charge is -2.21. The molecule has 5 aromatic rings. The maximum atomic E-state index is 13.0. The first-order valence-corrected chi connectivity index (χ1v) is 9.61. The molecule has 0 spiro atoms. The minimum absolute atomic E-state index is 0.0319. The summed E-state index contributed by atoms with van der Waals surface area (Å²) in [4.78, 5) is 20.2. The summed E-state index contributed by atoms with van der Waals surface area (Å²) in [6.45, 7) is 0. The minimum atomic E-state index is -0.0908. The second kappa shape index (κ2) is 7.28. The van der Waals surface area contributed by atoms with Crippen molar-refractivity contribution >= 4 is 33.4 Å². The van der Waals surface area contributed by atoms with Gasteiger partial charge in [-0.05, 0) is 46.7 Å². The summed E-state index contributed by atoms with van der Waals surface area (Å²) in [6.07, 6.45) is 6.01. The van der Waals surface area contributed by atoms with Crippen molar-refractivity contribution in [3.05, 3.63) is 97.1 Å². The maximum absolute atomic E-state index is 13.0. The number of H-pyrrole nitrogens is 1. The average Bonchev–Trinajstić information content (AvgIpc) is 3.43. The number of aromatic amines is 1. The molecular weight excluding hydrogens is 360 g/mol. The van der Waals surface area contributed by atoms with E-state index in [-0.39, 0.29) is 11.9 Å². The first-order valence-electron chi connectivity index (χ1n) is 9.61. The Morgan fingerprint density at radius 3 is 2.72 bits per heavy atom. The molecule has 1 amide bonds. The molecule has 0 aliphatic heterocycles. The Morgan fingerprint density at radius 2 is 1.83 bits per heavy atom. The van der Waals surface area contributed by atoms with E-state index >= 15 is 0 Å². The van der Waals surface area contributed by atoms with Crippen molar-refractivity contribution in [2.45, 2.75) is 12.5 Å². The summed E-state index contributed by atoms with van der Waals surface area (Å²) in [5.74, 6) is -0.0319. The highest BCUT2D eigenvalue weighted by molar-refractivity contribution is 5.94. The Labute approximate surface area is 168 Å². The molecule has 0 radical (unpaired) electrons. The summed E-state index contributed by atoms with van der Waals surface area (Å²) in [5, 5.41) is 5.37. The Balaban J connectivity index is 1.46. The third kappa shape index (κ3) is 3.38. The molecule has 5 nitrogen and oxygen atoms in total. The van der Waals surface area contributed by atoms with Gasteiger partial charge < -0.3 is 14.9 Å². The van der Waals surface area contributed by atoms with Gasteiger partial charge in [0.25, 0.3) is 0 Å². The number of rotatable bonds is 5. The molecule has 3 aromatic carbocycles. The van der Waals surface area contributed by atoms with Gasteiger partial charge in [-0.15, -0.1) is 0 Å². The van der Waals surface area contributed by atoms with Crippen molar-refractivity contribution in [1.82, 2.24) is 14.5 Å². The van der Waals surface area contributed by atoms with Gasteiger partial charge in [-0.3, -0.25) is 4.79 Å². The predicted octanol–water partition coefficient (Wildman–Crippen LogP) is 5.14. The summed E-state index contributed by atoms with van der Waals surface area (Å²) in [7, 11) is 0. The van der Waals surface area contributed by atoms with E-state index < -0.39 is 0 Å². The van der Waals surface area contributed by atoms with E-state index in [2.05, 4.69) is 50.2 Å². The number of carbonyl (C=O) groups excluding carboxylic acids is 1. The SMILES string of the molecule is O=C(CC(c1cccc2ccccc12)n1cccc1)Nc1ccc2nc[nH]c2c1. The molecule has 0 aliphatic carbocycles. The van der Waals surface area contributed by atoms with Crippen LogP contribution in [-0.2, 0) is 4.79 Å². The molecule has 0 aliphatic rings. The number of amides is 1. The molecule has 29 heavy (non-hydrogen) atoms. The maximum Gasteiger partial charge on any atom is 0.226 e. The summed E-state index contributed by atoms with van der Waals surface area (Å²) >= 11 is 0. The van der Waals surface area contributed by atoms with Gasteiger partial charge >= 0.3 is 0 Å². The van der Waals surface area contributed by atoms with Gasteiger partial charge in [-0.1, -0.05) is 42.5 Å². The molecule has 1 unspecified atom stereocenters. The standard InChI is InChI=1S/C24H20N4O/c29-24(27-18-10-11-21-22(14-18)26-16-25-21)15-23(28-12-3-4-13-28)20-9-5-7-17-6-1-2-8-19(17)20/h1-14,16,23H,15H2,(H,25,26)(H,27,29). The number of anilines is 1. The van der Waals surface area contributed by atoms with Gasteiger partial charge in [0.15, 0.2) is 0 Å². The smallest absolute Gasteiger partial charge is 0.226 e. The lowest BCUT2D eigenvalue weighted by Crippen LogP contribution is -2.19. The van der Waals surface area contributed by atoms with Crippen molar-refractivity contribution < 1.29 is 4.79 Å². The van der Waals surface area contributed by atoms with E-state index in [0.29, 0.717) is 6.42 Å². The normalized spacial score (nSPS) is 12.3. The van der Waals surface area contributed by atoms with Gasteiger partial charge in [0, 0.05) is 18.1 Å². The van der Waals surface area contributed by atoms with Gasteiger partial charge in [0.1, 0.15) is 0 Å². The van der Waals surface area contributed by atoms with Crippen molar-refractivity contribution in [3.8, 4) is 0 Å². The van der Waals surface area contributed by atoms with Crippen molar-refractivity contribution in [2.24, 2.45) is 0 Å². The molecule has 5 heteroatoms. The second-order valence-electron chi connectivity index (χ2n) is 7.10. The highest BCUT2D eigenvalue weighted by Gasteiger charge is 2.19. The number of benzene rings is 3. The van der Waals surface area contributed by atoms with Crippen LogP contribution in [0.4, 0.5) is 5.69 Å². The zero-order valence-electron chi connectivity index (χ0n) is 15.7. The van der Waals surface area contributed by atoms with Crippen LogP contribution in [0.5, 0.6) is 0 Å². The molecule has 0 fully saturated rings. The lowest BCUT2D eigenvalue weighted by molar-refractivity contribution is -0.116. The number of nitrogens with zero attached hydrogens (tertiary/aromatic N) is 2. The Hall–Kier alpha value is -3.86. The molecule has 1 atom stereocenters. The minimum Gasteiger partial charge on any atom is -0.346 e. The lowest BCUT2D eigenvalue weighted by atomic mass is 9.96. The van der Waals surface area contributed by atoms with Crippen LogP contribution >= 0.6 is 0 Å². The topological polar surface area (TPSA) is 62.7 Å². The summed E-state index contributed by atoms with van der Waals surface area (Å²) in [6, 6.07) is 24.1. The van der Waals surface area contributed by atoms with Crippen molar-refractivity contribution in [1.29, 1.82) is 0 Å². The van der Waals surface area contributed by atoms with E-state index in [9.17, 15) is 4.79 Å². The van der Waals surface area contributed by atoms with Crippen LogP contribution in [0, 0.1) is 0 Å². The Morgan fingerprint density at radius 1 is 1.00 bits per heavy atom. The molecule has 2 N–H and O–H groups in total. The molecular formula is C24H20N4O. The van der Waals surface area contributed by atoms with E-state index in [1.807, 2.05) is 54.9 Å². The molecule has 0 saturated heterocycles. The molecule has 142 valence electrons. The van der Waals surface area contributed by atoms with Crippen molar-refractivity contribution in [2.75, 3.05) is 5.32 Å². The molecule has 5 rings (SSSR count). The van der Waals surface area contributed by atoms with Crippen LogP contribution in [0.25, 0.3) is 21.8 Å². The first kappa shape index (κ1) is 17.3. The highest BCUT2D eigenvalue weighted by Crippen LogP contribution is 2.30. The number of hydrogen-bond donors (Lipinski definition) is 2. The third-order valence-corrected chi connectivity index (χ3v) is 5.25. The number of imidazole rings is 1. The number of nitrogens with one attached hydrogen (secondary N) is 2. The molecule has 0 bridgehead atoms. The Kier molecular flexibility index (Phi) is 4.33. The largest absolute Gasteiger partial charge is 0.346 e.